The van der Waals surface area contributed by atoms with Crippen molar-refractivity contribution in [2.24, 2.45) is 0 Å². The first-order valence-corrected chi connectivity index (χ1v) is 7.08. The van der Waals surface area contributed by atoms with Crippen LogP contribution in [-0.4, -0.2) is 31.5 Å². The largest absolute Gasteiger partial charge is 0.386 e. The standard InChI is InChI=1S/C16H26O3/c1-4-9-18-10-11-19-12-16(17)15-7-5-14(6-8-15)13(2)3/h5-8,13,16-17H,4,9-12H2,1-3H3. The summed E-state index contributed by atoms with van der Waals surface area (Å²) in [5.41, 5.74) is 2.18. The van der Waals surface area contributed by atoms with Crippen LogP contribution in [0.5, 0.6) is 0 Å². The summed E-state index contributed by atoms with van der Waals surface area (Å²) in [5.74, 6) is 0.512. The molecule has 0 heterocycles. The van der Waals surface area contributed by atoms with Crippen LogP contribution in [0.2, 0.25) is 0 Å². The topological polar surface area (TPSA) is 38.7 Å². The monoisotopic (exact) mass is 266 g/mol. The lowest BCUT2D eigenvalue weighted by Crippen LogP contribution is -2.11. The molecule has 0 saturated carbocycles. The SMILES string of the molecule is CCCOCCOCC(O)c1ccc(C(C)C)cc1. The summed E-state index contributed by atoms with van der Waals surface area (Å²) < 4.78 is 10.7. The van der Waals surface area contributed by atoms with E-state index in [1.54, 1.807) is 0 Å². The van der Waals surface area contributed by atoms with E-state index in [0.717, 1.165) is 18.6 Å². The normalized spacial score (nSPS) is 12.9. The second-order valence-electron chi connectivity index (χ2n) is 5.02. The average Bonchev–Trinajstić information content (AvgIpc) is 2.42. The molecule has 1 aromatic carbocycles. The average molecular weight is 266 g/mol. The molecule has 0 amide bonds. The molecule has 1 unspecified atom stereocenters. The zero-order valence-corrected chi connectivity index (χ0v) is 12.3. The van der Waals surface area contributed by atoms with Crippen LogP contribution in [0, 0.1) is 0 Å². The Hall–Kier alpha value is -0.900. The van der Waals surface area contributed by atoms with E-state index in [-0.39, 0.29) is 0 Å². The molecule has 0 spiro atoms. The number of ether oxygens (including phenoxy) is 2. The zero-order chi connectivity index (χ0) is 14.1. The molecule has 0 aliphatic carbocycles. The molecule has 19 heavy (non-hydrogen) atoms. The van der Waals surface area contributed by atoms with E-state index < -0.39 is 6.10 Å². The molecule has 1 aromatic rings. The molecular weight excluding hydrogens is 240 g/mol. The van der Waals surface area contributed by atoms with E-state index in [2.05, 4.69) is 32.9 Å². The molecule has 1 N–H and O–H groups in total. The van der Waals surface area contributed by atoms with Gasteiger partial charge in [0.1, 0.15) is 6.10 Å². The molecule has 0 fully saturated rings. The van der Waals surface area contributed by atoms with Gasteiger partial charge in [0.2, 0.25) is 0 Å². The molecule has 3 nitrogen and oxygen atoms in total. The molecule has 0 radical (unpaired) electrons. The van der Waals surface area contributed by atoms with Gasteiger partial charge in [-0.1, -0.05) is 45.0 Å². The summed E-state index contributed by atoms with van der Waals surface area (Å²) in [4.78, 5) is 0. The van der Waals surface area contributed by atoms with Crippen molar-refractivity contribution in [3.8, 4) is 0 Å². The summed E-state index contributed by atoms with van der Waals surface area (Å²) in [7, 11) is 0. The fourth-order valence-electron chi connectivity index (χ4n) is 1.76. The molecule has 0 saturated heterocycles. The molecule has 0 bridgehead atoms. The van der Waals surface area contributed by atoms with Gasteiger partial charge in [-0.2, -0.15) is 0 Å². The minimum atomic E-state index is -0.563. The second-order valence-corrected chi connectivity index (χ2v) is 5.02. The fraction of sp³-hybridized carbons (Fsp3) is 0.625. The quantitative estimate of drug-likeness (QED) is 0.697. The molecule has 0 aliphatic rings. The highest BCUT2D eigenvalue weighted by Gasteiger charge is 2.08. The van der Waals surface area contributed by atoms with Crippen LogP contribution in [0.4, 0.5) is 0 Å². The van der Waals surface area contributed by atoms with Crippen LogP contribution >= 0.6 is 0 Å². The van der Waals surface area contributed by atoms with Crippen LogP contribution in [0.3, 0.4) is 0 Å². The van der Waals surface area contributed by atoms with Crippen LogP contribution < -0.4 is 0 Å². The van der Waals surface area contributed by atoms with Crippen molar-refractivity contribution in [1.82, 2.24) is 0 Å². The van der Waals surface area contributed by atoms with E-state index in [1.165, 1.54) is 5.56 Å². The molecule has 1 rings (SSSR count). The van der Waals surface area contributed by atoms with E-state index in [1.807, 2.05) is 12.1 Å². The minimum Gasteiger partial charge on any atom is -0.386 e. The van der Waals surface area contributed by atoms with Gasteiger partial charge in [0.05, 0.1) is 19.8 Å². The Morgan fingerprint density at radius 1 is 0.947 bits per heavy atom. The van der Waals surface area contributed by atoms with Gasteiger partial charge >= 0.3 is 0 Å². The number of hydrogen-bond acceptors (Lipinski definition) is 3. The molecule has 0 aliphatic heterocycles. The Balaban J connectivity index is 2.27. The highest BCUT2D eigenvalue weighted by Crippen LogP contribution is 2.18. The van der Waals surface area contributed by atoms with Crippen molar-refractivity contribution in [3.63, 3.8) is 0 Å². The van der Waals surface area contributed by atoms with Gasteiger partial charge in [0, 0.05) is 6.61 Å². The first kappa shape index (κ1) is 16.2. The lowest BCUT2D eigenvalue weighted by molar-refractivity contribution is 0.00326. The molecule has 0 aromatic heterocycles. The number of aliphatic hydroxyl groups is 1. The summed E-state index contributed by atoms with van der Waals surface area (Å²) in [5, 5.41) is 9.99. The van der Waals surface area contributed by atoms with Crippen LogP contribution in [0.25, 0.3) is 0 Å². The van der Waals surface area contributed by atoms with Crippen molar-refractivity contribution < 1.29 is 14.6 Å². The Morgan fingerprint density at radius 3 is 2.11 bits per heavy atom. The first-order valence-electron chi connectivity index (χ1n) is 7.08. The Labute approximate surface area is 116 Å². The third-order valence-electron chi connectivity index (χ3n) is 2.98. The van der Waals surface area contributed by atoms with Gasteiger partial charge < -0.3 is 14.6 Å². The van der Waals surface area contributed by atoms with Gasteiger partial charge in [-0.25, -0.2) is 0 Å². The second kappa shape index (κ2) is 9.08. The van der Waals surface area contributed by atoms with Gasteiger partial charge in [0.25, 0.3) is 0 Å². The van der Waals surface area contributed by atoms with Crippen molar-refractivity contribution in [1.29, 1.82) is 0 Å². The predicted octanol–water partition coefficient (Wildman–Crippen LogP) is 3.29. The fourth-order valence-corrected chi connectivity index (χ4v) is 1.76. The highest BCUT2D eigenvalue weighted by atomic mass is 16.5. The number of benzene rings is 1. The zero-order valence-electron chi connectivity index (χ0n) is 12.3. The summed E-state index contributed by atoms with van der Waals surface area (Å²) in [6.07, 6.45) is 0.456. The third-order valence-corrected chi connectivity index (χ3v) is 2.98. The molecule has 108 valence electrons. The van der Waals surface area contributed by atoms with Crippen molar-refractivity contribution >= 4 is 0 Å². The molecule has 1 atom stereocenters. The maximum absolute atomic E-state index is 9.99. The number of aliphatic hydroxyl groups excluding tert-OH is 1. The van der Waals surface area contributed by atoms with E-state index in [0.29, 0.717) is 25.7 Å². The van der Waals surface area contributed by atoms with E-state index in [4.69, 9.17) is 9.47 Å². The highest BCUT2D eigenvalue weighted by molar-refractivity contribution is 5.26. The summed E-state index contributed by atoms with van der Waals surface area (Å²) in [6, 6.07) is 8.06. The van der Waals surface area contributed by atoms with Gasteiger partial charge in [0.15, 0.2) is 0 Å². The van der Waals surface area contributed by atoms with Crippen LogP contribution in [-0.2, 0) is 9.47 Å². The van der Waals surface area contributed by atoms with Gasteiger partial charge in [-0.05, 0) is 23.5 Å². The van der Waals surface area contributed by atoms with Crippen molar-refractivity contribution in [3.05, 3.63) is 35.4 Å². The summed E-state index contributed by atoms with van der Waals surface area (Å²) in [6.45, 7) is 8.59. The smallest absolute Gasteiger partial charge is 0.102 e. The van der Waals surface area contributed by atoms with Crippen LogP contribution in [0.15, 0.2) is 24.3 Å². The minimum absolute atomic E-state index is 0.316. The number of rotatable bonds is 9. The Bertz CT molecular complexity index is 332. The van der Waals surface area contributed by atoms with E-state index in [9.17, 15) is 5.11 Å². The third kappa shape index (κ3) is 6.19. The molecular formula is C16H26O3. The maximum Gasteiger partial charge on any atom is 0.102 e. The van der Waals surface area contributed by atoms with Gasteiger partial charge in [-0.15, -0.1) is 0 Å². The lowest BCUT2D eigenvalue weighted by atomic mass is 10.0. The van der Waals surface area contributed by atoms with Gasteiger partial charge in [-0.3, -0.25) is 0 Å². The Morgan fingerprint density at radius 2 is 1.53 bits per heavy atom. The lowest BCUT2D eigenvalue weighted by Gasteiger charge is -2.13. The molecule has 3 heteroatoms. The first-order chi connectivity index (χ1) is 9.15. The van der Waals surface area contributed by atoms with Crippen molar-refractivity contribution in [2.75, 3.05) is 26.4 Å². The number of hydrogen-bond donors (Lipinski definition) is 1. The van der Waals surface area contributed by atoms with Crippen molar-refractivity contribution in [2.45, 2.75) is 39.2 Å². The van der Waals surface area contributed by atoms with E-state index >= 15 is 0 Å². The Kier molecular flexibility index (Phi) is 7.72. The maximum atomic E-state index is 9.99. The van der Waals surface area contributed by atoms with Crippen LogP contribution in [0.1, 0.15) is 50.3 Å². The summed E-state index contributed by atoms with van der Waals surface area (Å²) >= 11 is 0. The predicted molar refractivity (Wildman–Crippen MR) is 77.4 cm³/mol.